The van der Waals surface area contributed by atoms with Crippen molar-refractivity contribution in [1.29, 1.82) is 0 Å². The van der Waals surface area contributed by atoms with E-state index in [1.807, 2.05) is 0 Å². The molecule has 140 valence electrons. The van der Waals surface area contributed by atoms with Crippen molar-refractivity contribution in [3.63, 3.8) is 0 Å². The maximum Gasteiger partial charge on any atom is 0.534 e. The van der Waals surface area contributed by atoms with Crippen LogP contribution in [0.2, 0.25) is 0 Å². The van der Waals surface area contributed by atoms with Crippen LogP contribution in [0.5, 0.6) is 5.75 Å². The third-order valence-corrected chi connectivity index (χ3v) is 6.86. The maximum atomic E-state index is 12.4. The van der Waals surface area contributed by atoms with Crippen LogP contribution in [0.1, 0.15) is 57.4 Å². The Balaban J connectivity index is 1.81. The quantitative estimate of drug-likeness (QED) is 0.538. The Hall–Kier alpha value is -1.24. The molecule has 0 saturated heterocycles. The van der Waals surface area contributed by atoms with Crippen LogP contribution < -0.4 is 4.18 Å². The van der Waals surface area contributed by atoms with Crippen LogP contribution in [-0.2, 0) is 15.5 Å². The largest absolute Gasteiger partial charge is 0.534 e. The Kier molecular flexibility index (Phi) is 4.81. The van der Waals surface area contributed by atoms with Crippen LogP contribution in [0.4, 0.5) is 13.2 Å². The van der Waals surface area contributed by atoms with Gasteiger partial charge in [0.15, 0.2) is 0 Å². The van der Waals surface area contributed by atoms with E-state index >= 15 is 0 Å². The Labute approximate surface area is 146 Å². The summed E-state index contributed by atoms with van der Waals surface area (Å²) < 4.78 is 63.7. The van der Waals surface area contributed by atoms with Gasteiger partial charge in [-0.05, 0) is 60.6 Å². The summed E-state index contributed by atoms with van der Waals surface area (Å²) in [6.45, 7) is 2.15. The molecule has 2 aliphatic rings. The minimum absolute atomic E-state index is 0.0371. The summed E-state index contributed by atoms with van der Waals surface area (Å²) in [4.78, 5) is 0. The Morgan fingerprint density at radius 2 is 1.68 bits per heavy atom. The highest BCUT2D eigenvalue weighted by Gasteiger charge is 2.48. The highest BCUT2D eigenvalue weighted by molar-refractivity contribution is 7.88. The summed E-state index contributed by atoms with van der Waals surface area (Å²) in [5.41, 5.74) is -4.31. The molecule has 0 aliphatic heterocycles. The molecular weight excluding hydrogens is 353 g/mol. The minimum Gasteiger partial charge on any atom is -0.376 e. The van der Waals surface area contributed by atoms with Crippen LogP contribution in [0.25, 0.3) is 0 Å². The first-order valence-corrected chi connectivity index (χ1v) is 10.2. The first-order chi connectivity index (χ1) is 11.7. The van der Waals surface area contributed by atoms with Crippen LogP contribution in [-0.4, -0.2) is 13.9 Å². The lowest BCUT2D eigenvalue weighted by molar-refractivity contribution is -0.0500. The zero-order valence-corrected chi connectivity index (χ0v) is 15.0. The van der Waals surface area contributed by atoms with E-state index in [1.54, 1.807) is 12.1 Å². The summed E-state index contributed by atoms with van der Waals surface area (Å²) in [6, 6.07) is 6.12. The molecule has 2 saturated carbocycles. The van der Waals surface area contributed by atoms with Gasteiger partial charge in [0, 0.05) is 0 Å². The van der Waals surface area contributed by atoms with Crippen molar-refractivity contribution >= 4 is 10.1 Å². The Morgan fingerprint density at radius 1 is 1.12 bits per heavy atom. The van der Waals surface area contributed by atoms with Crippen molar-refractivity contribution in [2.75, 3.05) is 0 Å². The summed E-state index contributed by atoms with van der Waals surface area (Å²) in [5.74, 6) is 1.13. The minimum atomic E-state index is -5.62. The van der Waals surface area contributed by atoms with Crippen molar-refractivity contribution in [3.8, 4) is 5.75 Å². The van der Waals surface area contributed by atoms with Crippen LogP contribution in [0, 0.1) is 11.8 Å². The van der Waals surface area contributed by atoms with Crippen molar-refractivity contribution in [1.82, 2.24) is 0 Å². The second kappa shape index (κ2) is 6.49. The Morgan fingerprint density at radius 3 is 2.16 bits per heavy atom. The molecule has 0 N–H and O–H groups in total. The molecule has 25 heavy (non-hydrogen) atoms. The molecule has 2 atom stereocenters. The number of alkyl halides is 3. The van der Waals surface area contributed by atoms with E-state index in [0.29, 0.717) is 11.8 Å². The first-order valence-electron chi connectivity index (χ1n) is 8.76. The molecule has 0 aromatic heterocycles. The number of hydrogen-bond acceptors (Lipinski definition) is 3. The molecule has 3 rings (SSSR count). The van der Waals surface area contributed by atoms with Crippen molar-refractivity contribution < 1.29 is 25.8 Å². The zero-order valence-electron chi connectivity index (χ0n) is 14.2. The van der Waals surface area contributed by atoms with Gasteiger partial charge in [0.25, 0.3) is 0 Å². The molecule has 2 bridgehead atoms. The molecular formula is C18H23F3O3S. The zero-order chi connectivity index (χ0) is 18.3. The lowest BCUT2D eigenvalue weighted by Gasteiger charge is -2.47. The summed E-state index contributed by atoms with van der Waals surface area (Å²) in [7, 11) is -5.62. The SMILES string of the molecule is CCC1(c2ccc(OS(=O)(=O)C(F)(F)F)cc2)CC2CCCC(C2)C1. The average molecular weight is 376 g/mol. The number of rotatable bonds is 4. The molecule has 2 fully saturated rings. The van der Waals surface area contributed by atoms with Crippen LogP contribution >= 0.6 is 0 Å². The van der Waals surface area contributed by atoms with Gasteiger partial charge in [-0.2, -0.15) is 21.6 Å². The second-order valence-corrected chi connectivity index (χ2v) is 8.99. The van der Waals surface area contributed by atoms with E-state index in [0.717, 1.165) is 24.8 Å². The maximum absolute atomic E-state index is 12.4. The first kappa shape index (κ1) is 18.5. The van der Waals surface area contributed by atoms with Gasteiger partial charge in [-0.25, -0.2) is 0 Å². The molecule has 0 amide bonds. The number of hydrogen-bond donors (Lipinski definition) is 0. The van der Waals surface area contributed by atoms with E-state index in [-0.39, 0.29) is 11.2 Å². The van der Waals surface area contributed by atoms with E-state index < -0.39 is 15.6 Å². The third kappa shape index (κ3) is 3.66. The predicted molar refractivity (Wildman–Crippen MR) is 88.7 cm³/mol. The summed E-state index contributed by atoms with van der Waals surface area (Å²) in [6.07, 6.45) is 8.25. The van der Waals surface area contributed by atoms with Gasteiger partial charge in [0.05, 0.1) is 0 Å². The highest BCUT2D eigenvalue weighted by atomic mass is 32.2. The highest BCUT2D eigenvalue weighted by Crippen LogP contribution is 2.51. The van der Waals surface area contributed by atoms with Crippen molar-refractivity contribution in [2.24, 2.45) is 11.8 Å². The number of halogens is 3. The fourth-order valence-electron chi connectivity index (χ4n) is 4.73. The van der Waals surface area contributed by atoms with Gasteiger partial charge in [-0.15, -0.1) is 0 Å². The summed E-state index contributed by atoms with van der Waals surface area (Å²) in [5, 5.41) is 0. The lowest BCUT2D eigenvalue weighted by atomic mass is 9.57. The van der Waals surface area contributed by atoms with Crippen LogP contribution in [0.15, 0.2) is 24.3 Å². The predicted octanol–water partition coefficient (Wildman–Crippen LogP) is 5.16. The molecule has 7 heteroatoms. The third-order valence-electron chi connectivity index (χ3n) is 5.88. The van der Waals surface area contributed by atoms with Gasteiger partial charge < -0.3 is 4.18 Å². The fourth-order valence-corrected chi connectivity index (χ4v) is 5.19. The van der Waals surface area contributed by atoms with E-state index in [4.69, 9.17) is 0 Å². The summed E-state index contributed by atoms with van der Waals surface area (Å²) >= 11 is 0. The smallest absolute Gasteiger partial charge is 0.376 e. The van der Waals surface area contributed by atoms with E-state index in [9.17, 15) is 21.6 Å². The molecule has 0 spiro atoms. The van der Waals surface area contributed by atoms with E-state index in [2.05, 4.69) is 11.1 Å². The average Bonchev–Trinajstić information content (AvgIpc) is 2.53. The topological polar surface area (TPSA) is 43.4 Å². The molecule has 2 unspecified atom stereocenters. The van der Waals surface area contributed by atoms with Gasteiger partial charge in [0.2, 0.25) is 0 Å². The standard InChI is InChI=1S/C18H23F3O3S/c1-2-17(11-13-4-3-5-14(10-13)12-17)15-6-8-16(9-7-15)24-25(22,23)18(19,20)21/h6-9,13-14H,2-5,10-12H2,1H3. The Bertz CT molecular complexity index is 698. The van der Waals surface area contributed by atoms with Gasteiger partial charge >= 0.3 is 15.6 Å². The van der Waals surface area contributed by atoms with Crippen molar-refractivity contribution in [2.45, 2.75) is 62.8 Å². The molecule has 1 aromatic carbocycles. The molecule has 2 aliphatic carbocycles. The number of fused-ring (bicyclic) bond motifs is 2. The number of benzene rings is 1. The van der Waals surface area contributed by atoms with Gasteiger partial charge in [-0.3, -0.25) is 0 Å². The fraction of sp³-hybridized carbons (Fsp3) is 0.667. The molecule has 0 radical (unpaired) electrons. The normalized spacial score (nSPS) is 30.1. The molecule has 3 nitrogen and oxygen atoms in total. The molecule has 1 aromatic rings. The van der Waals surface area contributed by atoms with E-state index in [1.165, 1.54) is 37.8 Å². The van der Waals surface area contributed by atoms with Gasteiger partial charge in [0.1, 0.15) is 5.75 Å². The van der Waals surface area contributed by atoms with Gasteiger partial charge in [-0.1, -0.05) is 38.3 Å². The monoisotopic (exact) mass is 376 g/mol. The van der Waals surface area contributed by atoms with Crippen LogP contribution in [0.3, 0.4) is 0 Å². The second-order valence-electron chi connectivity index (χ2n) is 7.45. The lowest BCUT2D eigenvalue weighted by Crippen LogP contribution is -2.38. The molecule has 0 heterocycles. The van der Waals surface area contributed by atoms with Crippen molar-refractivity contribution in [3.05, 3.63) is 29.8 Å².